The van der Waals surface area contributed by atoms with Crippen LogP contribution in [0.25, 0.3) is 0 Å². The van der Waals surface area contributed by atoms with Crippen LogP contribution in [0.2, 0.25) is 0 Å². The summed E-state index contributed by atoms with van der Waals surface area (Å²) >= 11 is 0. The first-order valence-electron chi connectivity index (χ1n) is 10.5. The van der Waals surface area contributed by atoms with Gasteiger partial charge in [-0.1, -0.05) is 13.8 Å². The van der Waals surface area contributed by atoms with E-state index >= 15 is 0 Å². The molecule has 2 aliphatic rings. The van der Waals surface area contributed by atoms with Crippen molar-refractivity contribution in [2.24, 2.45) is 5.92 Å². The Labute approximate surface area is 179 Å². The maximum Gasteiger partial charge on any atom is 0.472 e. The lowest BCUT2D eigenvalue weighted by atomic mass is 9.93. The molecule has 0 aliphatic carbocycles. The molecular formula is C17H35B2O10P. The second-order valence-corrected chi connectivity index (χ2v) is 10.1. The number of phosphoric ester groups is 1. The Bertz CT molecular complexity index is 583. The standard InChI is InChI=1S/C17H35B2O10P/c1-8(2)5-25-14-11(28-16(18)12(14)20)7-26-30(22,23)29-15-10(6-24-9(3)4)27-17(19)13(15)21/h8-17,20-21H,5-7,18-19H2,1-4H3,(H,22,23)/t10-,11-,12+,13+,14?,15?,16-,17-/m1/s1. The Hall–Kier alpha value is -0.000130. The highest BCUT2D eigenvalue weighted by Gasteiger charge is 2.47. The van der Waals surface area contributed by atoms with Gasteiger partial charge in [0.1, 0.15) is 52.3 Å². The molecule has 2 fully saturated rings. The van der Waals surface area contributed by atoms with Gasteiger partial charge in [0, 0.05) is 6.61 Å². The second kappa shape index (κ2) is 11.2. The minimum Gasteiger partial charge on any atom is -0.388 e. The Morgan fingerprint density at radius 3 is 2.03 bits per heavy atom. The Morgan fingerprint density at radius 1 is 0.967 bits per heavy atom. The zero-order chi connectivity index (χ0) is 22.6. The monoisotopic (exact) mass is 452 g/mol. The maximum absolute atomic E-state index is 12.5. The zero-order valence-electron chi connectivity index (χ0n) is 18.5. The molecule has 0 saturated carbocycles. The lowest BCUT2D eigenvalue weighted by Crippen LogP contribution is -2.39. The summed E-state index contributed by atoms with van der Waals surface area (Å²) in [5.74, 6) is 0.248. The van der Waals surface area contributed by atoms with Gasteiger partial charge in [-0.25, -0.2) is 4.57 Å². The van der Waals surface area contributed by atoms with Crippen LogP contribution in [0.4, 0.5) is 0 Å². The van der Waals surface area contributed by atoms with E-state index in [4.69, 9.17) is 28.0 Å². The van der Waals surface area contributed by atoms with Crippen molar-refractivity contribution in [3.05, 3.63) is 0 Å². The number of phosphoric acid groups is 1. The first-order chi connectivity index (χ1) is 13.9. The van der Waals surface area contributed by atoms with E-state index in [0.717, 1.165) is 0 Å². The van der Waals surface area contributed by atoms with Gasteiger partial charge in [0.25, 0.3) is 0 Å². The first-order valence-corrected chi connectivity index (χ1v) is 12.0. The highest BCUT2D eigenvalue weighted by atomic mass is 31.2. The SMILES string of the molecule is B[C@@H]1O[C@H](COP(=O)(O)OC2[C@@H](COC(C)C)O[C@@H](B)[C@H]2O)C(OCC(C)C)[C@@H]1O. The summed E-state index contributed by atoms with van der Waals surface area (Å²) in [6.45, 7) is 7.83. The summed E-state index contributed by atoms with van der Waals surface area (Å²) in [6.07, 6.45) is -5.28. The minimum absolute atomic E-state index is 0.0739. The molecule has 0 spiro atoms. The van der Waals surface area contributed by atoms with E-state index in [2.05, 4.69) is 0 Å². The van der Waals surface area contributed by atoms with E-state index in [9.17, 15) is 19.7 Å². The third-order valence-corrected chi connectivity index (χ3v) is 6.00. The van der Waals surface area contributed by atoms with E-state index in [1.807, 2.05) is 27.7 Å². The summed E-state index contributed by atoms with van der Waals surface area (Å²) in [5.41, 5.74) is 0. The highest BCUT2D eigenvalue weighted by Crippen LogP contribution is 2.47. The number of rotatable bonds is 11. The topological polar surface area (TPSA) is 133 Å². The largest absolute Gasteiger partial charge is 0.472 e. The van der Waals surface area contributed by atoms with E-state index in [1.54, 1.807) is 15.7 Å². The first kappa shape index (κ1) is 26.3. The molecule has 13 heteroatoms. The Kier molecular flexibility index (Phi) is 9.83. The molecule has 3 unspecified atom stereocenters. The third kappa shape index (κ3) is 7.27. The molecule has 0 aromatic heterocycles. The number of hydrogen-bond acceptors (Lipinski definition) is 9. The van der Waals surface area contributed by atoms with E-state index in [-0.39, 0.29) is 25.2 Å². The van der Waals surface area contributed by atoms with Gasteiger partial charge in [-0.05, 0) is 19.8 Å². The van der Waals surface area contributed by atoms with Crippen LogP contribution in [0.5, 0.6) is 0 Å². The van der Waals surface area contributed by atoms with Crippen molar-refractivity contribution in [1.29, 1.82) is 0 Å². The molecule has 2 aliphatic heterocycles. The fraction of sp³-hybridized carbons (Fsp3) is 1.00. The average molecular weight is 452 g/mol. The molecule has 0 amide bonds. The smallest absolute Gasteiger partial charge is 0.388 e. The fourth-order valence-electron chi connectivity index (χ4n) is 3.39. The summed E-state index contributed by atoms with van der Waals surface area (Å²) in [7, 11) is -1.22. The predicted octanol–water partition coefficient (Wildman–Crippen LogP) is -1.61. The fourth-order valence-corrected chi connectivity index (χ4v) is 4.35. The predicted molar refractivity (Wildman–Crippen MR) is 113 cm³/mol. The normalized spacial score (nSPS) is 39.1. The van der Waals surface area contributed by atoms with Crippen molar-refractivity contribution in [1.82, 2.24) is 0 Å². The molecule has 2 saturated heterocycles. The van der Waals surface area contributed by atoms with Crippen LogP contribution in [0.15, 0.2) is 0 Å². The molecule has 0 aromatic rings. The van der Waals surface area contributed by atoms with E-state index < -0.39 is 56.5 Å². The quantitative estimate of drug-likeness (QED) is 0.249. The Morgan fingerprint density at radius 2 is 1.50 bits per heavy atom. The molecule has 0 aromatic carbocycles. The van der Waals surface area contributed by atoms with Crippen LogP contribution in [0, 0.1) is 5.92 Å². The minimum atomic E-state index is -4.56. The van der Waals surface area contributed by atoms with Gasteiger partial charge in [0.15, 0.2) is 0 Å². The summed E-state index contributed by atoms with van der Waals surface area (Å²) in [4.78, 5) is 10.2. The molecule has 3 N–H and O–H groups in total. The molecule has 0 bridgehead atoms. The van der Waals surface area contributed by atoms with Crippen molar-refractivity contribution in [2.75, 3.05) is 19.8 Å². The van der Waals surface area contributed by atoms with E-state index in [1.165, 1.54) is 0 Å². The third-order valence-electron chi connectivity index (χ3n) is 5.02. The lowest BCUT2D eigenvalue weighted by Gasteiger charge is -2.26. The van der Waals surface area contributed by atoms with Crippen LogP contribution in [-0.2, 0) is 32.6 Å². The number of hydrogen-bond donors (Lipinski definition) is 3. The van der Waals surface area contributed by atoms with Crippen molar-refractivity contribution in [3.8, 4) is 0 Å². The van der Waals surface area contributed by atoms with Crippen molar-refractivity contribution < 1.29 is 47.7 Å². The van der Waals surface area contributed by atoms with Crippen LogP contribution < -0.4 is 0 Å². The molecule has 10 nitrogen and oxygen atoms in total. The Balaban J connectivity index is 1.95. The van der Waals surface area contributed by atoms with Crippen LogP contribution >= 0.6 is 7.82 Å². The van der Waals surface area contributed by atoms with Crippen molar-refractivity contribution >= 4 is 23.5 Å². The molecule has 174 valence electrons. The molecular weight excluding hydrogens is 417 g/mol. The molecule has 2 heterocycles. The van der Waals surface area contributed by atoms with Gasteiger partial charge in [0.05, 0.1) is 31.3 Å². The van der Waals surface area contributed by atoms with Crippen molar-refractivity contribution in [2.45, 2.75) is 82.4 Å². The van der Waals surface area contributed by atoms with Gasteiger partial charge < -0.3 is 34.1 Å². The number of aliphatic hydroxyl groups excluding tert-OH is 2. The molecule has 0 radical (unpaired) electrons. The second-order valence-electron chi connectivity index (χ2n) is 8.65. The zero-order valence-corrected chi connectivity index (χ0v) is 19.4. The lowest BCUT2D eigenvalue weighted by molar-refractivity contribution is -0.0681. The molecule has 9 atom stereocenters. The summed E-state index contributed by atoms with van der Waals surface area (Å²) in [5, 5.41) is 20.6. The summed E-state index contributed by atoms with van der Waals surface area (Å²) in [6, 6.07) is -1.09. The average Bonchev–Trinajstić information content (AvgIpc) is 3.06. The van der Waals surface area contributed by atoms with Crippen LogP contribution in [0.1, 0.15) is 27.7 Å². The van der Waals surface area contributed by atoms with Gasteiger partial charge in [-0.2, -0.15) is 0 Å². The summed E-state index contributed by atoms with van der Waals surface area (Å²) < 4.78 is 45.4. The van der Waals surface area contributed by atoms with Gasteiger partial charge in [-0.15, -0.1) is 0 Å². The van der Waals surface area contributed by atoms with Crippen molar-refractivity contribution in [3.63, 3.8) is 0 Å². The maximum atomic E-state index is 12.5. The van der Waals surface area contributed by atoms with E-state index in [0.29, 0.717) is 6.61 Å². The van der Waals surface area contributed by atoms with Gasteiger partial charge in [0.2, 0.25) is 0 Å². The number of ether oxygens (including phenoxy) is 4. The molecule has 30 heavy (non-hydrogen) atoms. The van der Waals surface area contributed by atoms with Crippen LogP contribution in [0.3, 0.4) is 0 Å². The van der Waals surface area contributed by atoms with Gasteiger partial charge in [-0.3, -0.25) is 9.05 Å². The molecule has 2 rings (SSSR count). The van der Waals surface area contributed by atoms with Gasteiger partial charge >= 0.3 is 7.82 Å². The highest BCUT2D eigenvalue weighted by molar-refractivity contribution is 7.47. The van der Waals surface area contributed by atoms with Crippen LogP contribution in [-0.4, -0.2) is 105 Å². The number of aliphatic hydroxyl groups is 2.